The van der Waals surface area contributed by atoms with Crippen molar-refractivity contribution in [2.75, 3.05) is 0 Å². The van der Waals surface area contributed by atoms with Gasteiger partial charge in [0.05, 0.1) is 0 Å². The molecule has 0 saturated carbocycles. The summed E-state index contributed by atoms with van der Waals surface area (Å²) in [7, 11) is 1.92. The van der Waals surface area contributed by atoms with Crippen LogP contribution in [0.2, 0.25) is 0 Å². The van der Waals surface area contributed by atoms with Gasteiger partial charge in [-0.25, -0.2) is 4.57 Å². The molecule has 15 heavy (non-hydrogen) atoms. The molecule has 1 heteroatoms. The first-order valence-corrected chi connectivity index (χ1v) is 4.96. The molecule has 2 aromatic rings. The van der Waals surface area contributed by atoms with E-state index in [1.165, 1.54) is 0 Å². The second kappa shape index (κ2) is 3.85. The fourth-order valence-electron chi connectivity index (χ4n) is 1.60. The van der Waals surface area contributed by atoms with Crippen LogP contribution in [-0.4, -0.2) is 0 Å². The Morgan fingerprint density at radius 3 is 2.60 bits per heavy atom. The van der Waals surface area contributed by atoms with Gasteiger partial charge in [0.15, 0.2) is 11.9 Å². The average molecular weight is 201 g/mol. The van der Waals surface area contributed by atoms with Crippen LogP contribution in [0, 0.1) is 13.8 Å². The molecule has 0 radical (unpaired) electrons. The molecule has 0 N–H and O–H groups in total. The lowest BCUT2D eigenvalue weighted by molar-refractivity contribution is -0.677. The summed E-state index contributed by atoms with van der Waals surface area (Å²) < 4.78 is 24.9. The molecule has 0 aliphatic rings. The van der Waals surface area contributed by atoms with E-state index in [1.54, 1.807) is 6.07 Å². The molecule has 0 aliphatic carbocycles. The highest BCUT2D eigenvalue weighted by molar-refractivity contribution is 5.65. The zero-order valence-electron chi connectivity index (χ0n) is 12.0. The molecule has 1 heterocycles. The Morgan fingerprint density at radius 2 is 1.93 bits per heavy atom. The third-order valence-electron chi connectivity index (χ3n) is 2.61. The quantitative estimate of drug-likeness (QED) is 0.625. The first-order chi connectivity index (χ1) is 8.39. The second-order valence-corrected chi connectivity index (χ2v) is 3.72. The maximum absolute atomic E-state index is 7.65. The van der Waals surface area contributed by atoms with Crippen LogP contribution in [0.1, 0.15) is 15.4 Å². The summed E-state index contributed by atoms with van der Waals surface area (Å²) >= 11 is 0. The lowest BCUT2D eigenvalue weighted by atomic mass is 10.0. The highest BCUT2D eigenvalue weighted by Gasteiger charge is 2.08. The number of aromatic nitrogens is 1. The van der Waals surface area contributed by atoms with Crippen molar-refractivity contribution >= 4 is 0 Å². The fraction of sp³-hybridized carbons (Fsp3) is 0.214. The van der Waals surface area contributed by atoms with Gasteiger partial charge in [-0.05, 0) is 18.0 Å². The first-order valence-electron chi connectivity index (χ1n) is 6.46. The van der Waals surface area contributed by atoms with Crippen molar-refractivity contribution in [1.82, 2.24) is 0 Å². The normalized spacial score (nSPS) is 14.1. The van der Waals surface area contributed by atoms with Crippen molar-refractivity contribution in [3.63, 3.8) is 0 Å². The average Bonchev–Trinajstić information content (AvgIpc) is 2.32. The number of nitrogens with zero attached hydrogens (tertiary/aromatic N) is 1. The topological polar surface area (TPSA) is 3.88 Å². The van der Waals surface area contributed by atoms with Crippen LogP contribution >= 0.6 is 0 Å². The second-order valence-electron chi connectivity index (χ2n) is 3.72. The minimum absolute atomic E-state index is 0.407. The molecule has 1 nitrogen and oxygen atoms in total. The van der Waals surface area contributed by atoms with Crippen LogP contribution in [0.15, 0.2) is 42.6 Å². The summed E-state index contributed by atoms with van der Waals surface area (Å²) in [5.41, 5.74) is 3.04. The van der Waals surface area contributed by atoms with Crippen LogP contribution in [-0.2, 0) is 7.05 Å². The first kappa shape index (κ1) is 6.78. The van der Waals surface area contributed by atoms with Gasteiger partial charge in [0.2, 0.25) is 0 Å². The van der Waals surface area contributed by atoms with Crippen LogP contribution in [0.5, 0.6) is 0 Å². The Morgan fingerprint density at radius 1 is 1.20 bits per heavy atom. The Hall–Kier alpha value is -1.63. The third kappa shape index (κ3) is 1.91. The summed E-state index contributed by atoms with van der Waals surface area (Å²) in [6.45, 7) is -0.186. The Kier molecular flexibility index (Phi) is 1.74. The molecular formula is C14H16N+. The van der Waals surface area contributed by atoms with E-state index in [9.17, 15) is 0 Å². The molecule has 1 aromatic heterocycles. The van der Waals surface area contributed by atoms with Gasteiger partial charge in [-0.1, -0.05) is 30.3 Å². The third-order valence-corrected chi connectivity index (χ3v) is 2.61. The van der Waals surface area contributed by atoms with Crippen molar-refractivity contribution < 1.29 is 8.68 Å². The van der Waals surface area contributed by atoms with E-state index in [0.717, 1.165) is 16.8 Å². The van der Waals surface area contributed by atoms with Crippen LogP contribution < -0.4 is 4.57 Å². The van der Waals surface area contributed by atoms with Crippen molar-refractivity contribution in [1.29, 1.82) is 0 Å². The van der Waals surface area contributed by atoms with Crippen molar-refractivity contribution in [3.05, 3.63) is 53.9 Å². The summed E-state index contributed by atoms with van der Waals surface area (Å²) in [5, 5.41) is 0. The van der Waals surface area contributed by atoms with Gasteiger partial charge in [-0.3, -0.25) is 0 Å². The molecule has 2 rings (SSSR count). The van der Waals surface area contributed by atoms with E-state index in [0.29, 0.717) is 5.56 Å². The molecule has 76 valence electrons. The monoisotopic (exact) mass is 201 g/mol. The van der Waals surface area contributed by atoms with E-state index < -0.39 is 6.85 Å². The van der Waals surface area contributed by atoms with E-state index in [1.807, 2.05) is 55.1 Å². The lowest BCUT2D eigenvalue weighted by Gasteiger charge is -2.05. The Labute approximate surface area is 95.2 Å². The van der Waals surface area contributed by atoms with Crippen molar-refractivity contribution in [3.8, 4) is 11.1 Å². The summed E-state index contributed by atoms with van der Waals surface area (Å²) in [6.07, 6.45) is 1.88. The number of pyridine rings is 1. The van der Waals surface area contributed by atoms with E-state index in [4.69, 9.17) is 4.11 Å². The highest BCUT2D eigenvalue weighted by Crippen LogP contribution is 2.21. The minimum Gasteiger partial charge on any atom is -0.205 e. The molecule has 0 unspecified atom stereocenters. The van der Waals surface area contributed by atoms with Crippen molar-refractivity contribution in [2.24, 2.45) is 7.05 Å². The van der Waals surface area contributed by atoms with Gasteiger partial charge in [0.1, 0.15) is 7.05 Å². The van der Waals surface area contributed by atoms with Gasteiger partial charge in [-0.2, -0.15) is 0 Å². The molecule has 0 atom stereocenters. The molecule has 0 fully saturated rings. The zero-order valence-corrected chi connectivity index (χ0v) is 8.99. The molecule has 0 saturated heterocycles. The Bertz CT molecular complexity index is 559. The number of benzene rings is 1. The van der Waals surface area contributed by atoms with Gasteiger partial charge in [0.25, 0.3) is 0 Å². The van der Waals surface area contributed by atoms with E-state index in [2.05, 4.69) is 0 Å². The molecule has 0 aliphatic heterocycles. The predicted octanol–water partition coefficient (Wildman–Crippen LogP) is 2.79. The smallest absolute Gasteiger partial charge is 0.178 e. The molecule has 0 spiro atoms. The number of aryl methyl sites for hydroxylation is 3. The molecular weight excluding hydrogens is 182 g/mol. The SMILES string of the molecule is [2H]C([2H])([2H])c1cc(C)[n+](C)cc1-c1ccccc1. The number of rotatable bonds is 1. The zero-order chi connectivity index (χ0) is 13.3. The summed E-state index contributed by atoms with van der Waals surface area (Å²) in [4.78, 5) is 0. The predicted molar refractivity (Wildman–Crippen MR) is 62.5 cm³/mol. The Balaban J connectivity index is 2.70. The number of hydrogen-bond donors (Lipinski definition) is 0. The lowest BCUT2D eigenvalue weighted by Crippen LogP contribution is -2.31. The van der Waals surface area contributed by atoms with E-state index in [-0.39, 0.29) is 0 Å². The van der Waals surface area contributed by atoms with Crippen LogP contribution in [0.3, 0.4) is 0 Å². The van der Waals surface area contributed by atoms with Gasteiger partial charge >= 0.3 is 0 Å². The largest absolute Gasteiger partial charge is 0.205 e. The standard InChI is InChI=1S/C14H16N/c1-11-9-12(2)15(3)10-14(11)13-7-5-4-6-8-13/h4-10H,1-3H3/q+1/i1D3. The summed E-state index contributed by atoms with van der Waals surface area (Å²) in [6, 6.07) is 11.4. The van der Waals surface area contributed by atoms with E-state index >= 15 is 0 Å². The minimum atomic E-state index is -2.09. The maximum Gasteiger partial charge on any atom is 0.178 e. The maximum atomic E-state index is 7.65. The van der Waals surface area contributed by atoms with Crippen LogP contribution in [0.4, 0.5) is 0 Å². The van der Waals surface area contributed by atoms with Crippen LogP contribution in [0.25, 0.3) is 11.1 Å². The molecule has 0 bridgehead atoms. The highest BCUT2D eigenvalue weighted by atomic mass is 14.9. The molecule has 0 amide bonds. The van der Waals surface area contributed by atoms with Gasteiger partial charge in [0, 0.05) is 22.7 Å². The fourth-order valence-corrected chi connectivity index (χ4v) is 1.60. The summed E-state index contributed by atoms with van der Waals surface area (Å²) in [5.74, 6) is 0. The van der Waals surface area contributed by atoms with Gasteiger partial charge < -0.3 is 0 Å². The van der Waals surface area contributed by atoms with Crippen molar-refractivity contribution in [2.45, 2.75) is 13.8 Å². The number of hydrogen-bond acceptors (Lipinski definition) is 0. The molecule has 1 aromatic carbocycles. The van der Waals surface area contributed by atoms with Gasteiger partial charge in [-0.15, -0.1) is 0 Å².